The molecular formula is C11H15F3N2O5S2. The van der Waals surface area contributed by atoms with Gasteiger partial charge in [-0.25, -0.2) is 22.0 Å². The van der Waals surface area contributed by atoms with Gasteiger partial charge in [-0.2, -0.15) is 17.5 Å². The van der Waals surface area contributed by atoms with E-state index in [4.69, 9.17) is 5.14 Å². The lowest BCUT2D eigenvalue weighted by molar-refractivity contribution is -0.136. The summed E-state index contributed by atoms with van der Waals surface area (Å²) >= 11 is 0. The van der Waals surface area contributed by atoms with E-state index < -0.39 is 44.2 Å². The van der Waals surface area contributed by atoms with E-state index in [0.717, 1.165) is 24.3 Å². The average molecular weight is 376 g/mol. The Morgan fingerprint density at radius 2 is 1.57 bits per heavy atom. The molecule has 0 aliphatic rings. The molecule has 0 aliphatic carbocycles. The third kappa shape index (κ3) is 5.73. The smallest absolute Gasteiger partial charge is 0.383 e. The molecule has 0 radical (unpaired) electrons. The molecule has 7 nitrogen and oxygen atoms in total. The predicted octanol–water partition coefficient (Wildman–Crippen LogP) is 0.533. The second-order valence-electron chi connectivity index (χ2n) is 4.46. The number of rotatable bonds is 7. The fraction of sp³-hybridized carbons (Fsp3) is 0.455. The highest BCUT2D eigenvalue weighted by Crippen LogP contribution is 2.23. The average Bonchev–Trinajstić information content (AvgIpc) is 2.41. The Labute approximate surface area is 131 Å². The maximum absolute atomic E-state index is 12.6. The molecule has 0 saturated carbocycles. The Hall–Kier alpha value is -1.21. The predicted molar refractivity (Wildman–Crippen MR) is 74.5 cm³/mol. The Bertz CT molecular complexity index is 730. The molecule has 1 aromatic rings. The van der Waals surface area contributed by atoms with E-state index in [9.17, 15) is 30.0 Å². The van der Waals surface area contributed by atoms with Crippen molar-refractivity contribution in [2.24, 2.45) is 5.14 Å². The molecular weight excluding hydrogens is 361 g/mol. The number of halogens is 3. The topological polar surface area (TPSA) is 107 Å². The molecule has 0 bridgehead atoms. The van der Waals surface area contributed by atoms with Gasteiger partial charge in [0.15, 0.2) is 0 Å². The van der Waals surface area contributed by atoms with Crippen molar-refractivity contribution in [1.82, 2.24) is 4.31 Å². The Morgan fingerprint density at radius 3 is 1.96 bits per heavy atom. The minimum Gasteiger partial charge on any atom is -0.383 e. The van der Waals surface area contributed by atoms with Crippen molar-refractivity contribution in [3.8, 4) is 0 Å². The molecule has 1 aromatic carbocycles. The van der Waals surface area contributed by atoms with Crippen LogP contribution in [0.3, 0.4) is 0 Å². The van der Waals surface area contributed by atoms with Gasteiger partial charge in [-0.15, -0.1) is 0 Å². The number of methoxy groups -OCH3 is 1. The lowest BCUT2D eigenvalue weighted by atomic mass is 10.4. The van der Waals surface area contributed by atoms with Gasteiger partial charge in [0, 0.05) is 13.7 Å². The van der Waals surface area contributed by atoms with Crippen molar-refractivity contribution < 1.29 is 34.7 Å². The third-order valence-electron chi connectivity index (χ3n) is 2.69. The lowest BCUT2D eigenvalue weighted by Gasteiger charge is -2.23. The van der Waals surface area contributed by atoms with Crippen LogP contribution in [-0.2, 0) is 24.8 Å². The van der Waals surface area contributed by atoms with Crippen LogP contribution in [0.4, 0.5) is 13.2 Å². The summed E-state index contributed by atoms with van der Waals surface area (Å²) in [5.74, 6) is 0. The van der Waals surface area contributed by atoms with Gasteiger partial charge in [0.25, 0.3) is 0 Å². The quantitative estimate of drug-likeness (QED) is 0.747. The largest absolute Gasteiger partial charge is 0.402 e. The molecule has 2 N–H and O–H groups in total. The summed E-state index contributed by atoms with van der Waals surface area (Å²) in [5, 5.41) is 4.87. The molecule has 0 heterocycles. The first kappa shape index (κ1) is 19.8. The van der Waals surface area contributed by atoms with Crippen LogP contribution in [0.2, 0.25) is 0 Å². The molecule has 0 aromatic heterocycles. The van der Waals surface area contributed by atoms with E-state index in [1.165, 1.54) is 7.11 Å². The summed E-state index contributed by atoms with van der Waals surface area (Å²) in [7, 11) is -7.29. The maximum atomic E-state index is 12.6. The first-order valence-electron chi connectivity index (χ1n) is 6.06. The number of hydrogen-bond donors (Lipinski definition) is 1. The van der Waals surface area contributed by atoms with Gasteiger partial charge < -0.3 is 4.74 Å². The van der Waals surface area contributed by atoms with Crippen molar-refractivity contribution in [3.05, 3.63) is 24.3 Å². The first-order valence-corrected chi connectivity index (χ1v) is 9.05. The van der Waals surface area contributed by atoms with Crippen LogP contribution in [0.1, 0.15) is 0 Å². The zero-order valence-electron chi connectivity index (χ0n) is 11.9. The molecule has 12 heteroatoms. The van der Waals surface area contributed by atoms with E-state index >= 15 is 0 Å². The van der Waals surface area contributed by atoms with Crippen molar-refractivity contribution in [3.63, 3.8) is 0 Å². The monoisotopic (exact) mass is 376 g/mol. The molecule has 0 unspecified atom stereocenters. The number of alkyl halides is 3. The summed E-state index contributed by atoms with van der Waals surface area (Å²) in [6, 6.07) is 3.57. The number of hydrogen-bond acceptors (Lipinski definition) is 5. The minimum absolute atomic E-state index is 0.211. The van der Waals surface area contributed by atoms with Crippen molar-refractivity contribution in [2.75, 3.05) is 26.8 Å². The molecule has 0 saturated heterocycles. The van der Waals surface area contributed by atoms with Crippen LogP contribution in [0.5, 0.6) is 0 Å². The van der Waals surface area contributed by atoms with E-state index in [0.29, 0.717) is 0 Å². The van der Waals surface area contributed by atoms with E-state index in [1.807, 2.05) is 0 Å². The SMILES string of the molecule is COCCN(CC(F)(F)F)S(=O)(=O)c1ccc(S(N)(=O)=O)cc1. The van der Waals surface area contributed by atoms with Crippen LogP contribution in [-0.4, -0.2) is 54.1 Å². The van der Waals surface area contributed by atoms with Gasteiger partial charge >= 0.3 is 6.18 Å². The molecule has 0 aliphatic heterocycles. The lowest BCUT2D eigenvalue weighted by Crippen LogP contribution is -2.40. The van der Waals surface area contributed by atoms with Crippen LogP contribution >= 0.6 is 0 Å². The molecule has 132 valence electrons. The summed E-state index contributed by atoms with van der Waals surface area (Å²) in [4.78, 5) is -0.832. The number of nitrogens with zero attached hydrogens (tertiary/aromatic N) is 1. The van der Waals surface area contributed by atoms with Crippen LogP contribution < -0.4 is 5.14 Å². The van der Waals surface area contributed by atoms with E-state index in [1.54, 1.807) is 0 Å². The minimum atomic E-state index is -4.73. The molecule has 23 heavy (non-hydrogen) atoms. The van der Waals surface area contributed by atoms with Crippen LogP contribution in [0, 0.1) is 0 Å². The highest BCUT2D eigenvalue weighted by molar-refractivity contribution is 7.89. The fourth-order valence-electron chi connectivity index (χ4n) is 1.63. The van der Waals surface area contributed by atoms with Gasteiger partial charge in [0.1, 0.15) is 6.54 Å². The summed E-state index contributed by atoms with van der Waals surface area (Å²) in [5.41, 5.74) is 0. The molecule has 1 rings (SSSR count). The Balaban J connectivity index is 3.18. The third-order valence-corrected chi connectivity index (χ3v) is 5.48. The fourth-order valence-corrected chi connectivity index (χ4v) is 3.55. The van der Waals surface area contributed by atoms with Crippen molar-refractivity contribution >= 4 is 20.0 Å². The van der Waals surface area contributed by atoms with Gasteiger partial charge in [0.2, 0.25) is 20.0 Å². The van der Waals surface area contributed by atoms with Gasteiger partial charge in [-0.1, -0.05) is 0 Å². The number of benzene rings is 1. The molecule has 0 atom stereocenters. The van der Waals surface area contributed by atoms with E-state index in [2.05, 4.69) is 4.74 Å². The normalized spacial score (nSPS) is 13.5. The van der Waals surface area contributed by atoms with Gasteiger partial charge in [-0.05, 0) is 24.3 Å². The van der Waals surface area contributed by atoms with Crippen molar-refractivity contribution in [2.45, 2.75) is 16.0 Å². The van der Waals surface area contributed by atoms with Crippen LogP contribution in [0.25, 0.3) is 0 Å². The standard InChI is InChI=1S/C11H15F3N2O5S2/c1-21-7-6-16(8-11(12,13)14)23(19,20)10-4-2-9(3-5-10)22(15,17)18/h2-5H,6-8H2,1H3,(H2,15,17,18). The van der Waals surface area contributed by atoms with E-state index in [-0.39, 0.29) is 15.8 Å². The molecule has 0 amide bonds. The Kier molecular flexibility index (Phi) is 6.15. The summed E-state index contributed by atoms with van der Waals surface area (Å²) in [6.45, 7) is -2.42. The Morgan fingerprint density at radius 1 is 1.09 bits per heavy atom. The zero-order valence-corrected chi connectivity index (χ0v) is 13.6. The van der Waals surface area contributed by atoms with Gasteiger partial charge in [-0.3, -0.25) is 0 Å². The number of sulfonamides is 2. The number of nitrogens with two attached hydrogens (primary N) is 1. The second kappa shape index (κ2) is 7.13. The zero-order chi connectivity index (χ0) is 17.9. The summed E-state index contributed by atoms with van der Waals surface area (Å²) in [6.07, 6.45) is -4.73. The number of ether oxygens (including phenoxy) is 1. The number of primary sulfonamides is 1. The highest BCUT2D eigenvalue weighted by atomic mass is 32.2. The first-order chi connectivity index (χ1) is 10.4. The molecule has 0 fully saturated rings. The maximum Gasteiger partial charge on any atom is 0.402 e. The van der Waals surface area contributed by atoms with Gasteiger partial charge in [0.05, 0.1) is 16.4 Å². The second-order valence-corrected chi connectivity index (χ2v) is 7.96. The highest BCUT2D eigenvalue weighted by Gasteiger charge is 2.36. The molecule has 0 spiro atoms. The van der Waals surface area contributed by atoms with Crippen molar-refractivity contribution in [1.29, 1.82) is 0 Å². The summed E-state index contributed by atoms with van der Waals surface area (Å²) < 4.78 is 89.2. The van der Waals surface area contributed by atoms with Crippen LogP contribution in [0.15, 0.2) is 34.1 Å².